The van der Waals surface area contributed by atoms with Gasteiger partial charge in [0.25, 0.3) is 0 Å². The number of aromatic nitrogens is 1. The summed E-state index contributed by atoms with van der Waals surface area (Å²) in [7, 11) is 0. The number of hydrazone groups is 1. The molecule has 0 aliphatic rings. The highest BCUT2D eigenvalue weighted by Crippen LogP contribution is 2.32. The second kappa shape index (κ2) is 5.36. The Kier molecular flexibility index (Phi) is 3.83. The molecule has 0 bridgehead atoms. The standard InChI is InChI=1S/C11H10BrN3O2S/c1-6-5-18-11(14-6)15-13-4-7-8(16)2-3-9(17)10(7)12/h2-5,16-17H,1H3,(H,14,15). The van der Waals surface area contributed by atoms with E-state index in [1.54, 1.807) is 0 Å². The molecule has 7 heteroatoms. The number of halogens is 1. The third-order valence-corrected chi connectivity index (χ3v) is 3.81. The van der Waals surface area contributed by atoms with Gasteiger partial charge in [0.2, 0.25) is 5.13 Å². The van der Waals surface area contributed by atoms with Crippen molar-refractivity contribution in [3.63, 3.8) is 0 Å². The fourth-order valence-corrected chi connectivity index (χ4v) is 2.33. The Morgan fingerprint density at radius 1 is 1.39 bits per heavy atom. The molecule has 1 aromatic carbocycles. The normalized spacial score (nSPS) is 11.0. The fraction of sp³-hybridized carbons (Fsp3) is 0.0909. The number of phenolic OH excluding ortho intramolecular Hbond substituents is 2. The van der Waals surface area contributed by atoms with Crippen LogP contribution in [0.15, 0.2) is 27.1 Å². The molecule has 5 nitrogen and oxygen atoms in total. The number of nitrogens with one attached hydrogen (secondary N) is 1. The van der Waals surface area contributed by atoms with Crippen LogP contribution in [0.3, 0.4) is 0 Å². The van der Waals surface area contributed by atoms with Gasteiger partial charge in [0.05, 0.1) is 21.9 Å². The molecular formula is C11H10BrN3O2S. The van der Waals surface area contributed by atoms with Crippen LogP contribution in [-0.4, -0.2) is 21.4 Å². The summed E-state index contributed by atoms with van der Waals surface area (Å²) >= 11 is 4.62. The third kappa shape index (κ3) is 2.80. The molecule has 0 aliphatic carbocycles. The van der Waals surface area contributed by atoms with Gasteiger partial charge in [-0.15, -0.1) is 11.3 Å². The molecule has 1 heterocycles. The molecule has 1 aromatic heterocycles. The van der Waals surface area contributed by atoms with Crippen molar-refractivity contribution in [3.05, 3.63) is 33.2 Å². The van der Waals surface area contributed by atoms with Crippen molar-refractivity contribution < 1.29 is 10.2 Å². The highest BCUT2D eigenvalue weighted by molar-refractivity contribution is 9.10. The van der Waals surface area contributed by atoms with E-state index in [4.69, 9.17) is 0 Å². The number of rotatable bonds is 3. The van der Waals surface area contributed by atoms with Crippen LogP contribution < -0.4 is 5.43 Å². The SMILES string of the molecule is Cc1csc(NN=Cc2c(O)ccc(O)c2Br)n1. The molecule has 0 unspecified atom stereocenters. The molecule has 0 atom stereocenters. The second-order valence-electron chi connectivity index (χ2n) is 3.50. The first kappa shape index (κ1) is 12.8. The molecule has 0 saturated carbocycles. The summed E-state index contributed by atoms with van der Waals surface area (Å²) in [5, 5.41) is 25.7. The topological polar surface area (TPSA) is 77.7 Å². The lowest BCUT2D eigenvalue weighted by Gasteiger charge is -2.03. The van der Waals surface area contributed by atoms with Gasteiger partial charge in [-0.3, -0.25) is 5.43 Å². The van der Waals surface area contributed by atoms with Crippen LogP contribution in [0.5, 0.6) is 11.5 Å². The molecule has 0 fully saturated rings. The van der Waals surface area contributed by atoms with E-state index in [1.807, 2.05) is 12.3 Å². The number of aryl methyl sites for hydroxylation is 1. The van der Waals surface area contributed by atoms with E-state index >= 15 is 0 Å². The summed E-state index contributed by atoms with van der Waals surface area (Å²) in [5.41, 5.74) is 4.07. The molecule has 0 spiro atoms. The first-order valence-electron chi connectivity index (χ1n) is 4.99. The van der Waals surface area contributed by atoms with Gasteiger partial charge in [-0.05, 0) is 35.0 Å². The first-order valence-corrected chi connectivity index (χ1v) is 6.67. The van der Waals surface area contributed by atoms with Crippen LogP contribution in [0.2, 0.25) is 0 Å². The van der Waals surface area contributed by atoms with Gasteiger partial charge in [0.15, 0.2) is 0 Å². The predicted molar refractivity (Wildman–Crippen MR) is 75.5 cm³/mol. The van der Waals surface area contributed by atoms with Crippen molar-refractivity contribution in [3.8, 4) is 11.5 Å². The predicted octanol–water partition coefficient (Wildman–Crippen LogP) is 3.07. The van der Waals surface area contributed by atoms with Crippen molar-refractivity contribution >= 4 is 38.6 Å². The van der Waals surface area contributed by atoms with Gasteiger partial charge in [0.1, 0.15) is 11.5 Å². The monoisotopic (exact) mass is 327 g/mol. The molecule has 0 radical (unpaired) electrons. The number of aromatic hydroxyl groups is 2. The molecule has 18 heavy (non-hydrogen) atoms. The summed E-state index contributed by atoms with van der Waals surface area (Å²) in [6.45, 7) is 1.89. The molecule has 94 valence electrons. The Morgan fingerprint density at radius 3 is 2.78 bits per heavy atom. The average molecular weight is 328 g/mol. The molecule has 0 amide bonds. The smallest absolute Gasteiger partial charge is 0.203 e. The number of anilines is 1. The van der Waals surface area contributed by atoms with Crippen molar-refractivity contribution in [1.82, 2.24) is 4.98 Å². The average Bonchev–Trinajstić information content (AvgIpc) is 2.74. The van der Waals surface area contributed by atoms with Crippen LogP contribution in [0.4, 0.5) is 5.13 Å². The second-order valence-corrected chi connectivity index (χ2v) is 5.15. The number of phenols is 2. The minimum Gasteiger partial charge on any atom is -0.507 e. The summed E-state index contributed by atoms with van der Waals surface area (Å²) in [6, 6.07) is 2.79. The Bertz CT molecular complexity index is 598. The van der Waals surface area contributed by atoms with E-state index in [2.05, 4.69) is 31.4 Å². The van der Waals surface area contributed by atoms with Crippen molar-refractivity contribution in [2.45, 2.75) is 6.92 Å². The summed E-state index contributed by atoms with van der Waals surface area (Å²) in [4.78, 5) is 4.17. The van der Waals surface area contributed by atoms with Gasteiger partial charge in [-0.1, -0.05) is 0 Å². The number of benzene rings is 1. The molecular weight excluding hydrogens is 318 g/mol. The summed E-state index contributed by atoms with van der Waals surface area (Å²) in [6.07, 6.45) is 1.41. The number of hydrogen-bond acceptors (Lipinski definition) is 6. The Labute approximate surface area is 116 Å². The number of thiazole rings is 1. The van der Waals surface area contributed by atoms with Crippen LogP contribution in [0.1, 0.15) is 11.3 Å². The fourth-order valence-electron chi connectivity index (χ4n) is 1.25. The zero-order valence-corrected chi connectivity index (χ0v) is 11.8. The van der Waals surface area contributed by atoms with Crippen molar-refractivity contribution in [1.29, 1.82) is 0 Å². The molecule has 3 N–H and O–H groups in total. The minimum atomic E-state index is 0.0283. The van der Waals surface area contributed by atoms with Gasteiger partial charge in [-0.25, -0.2) is 4.98 Å². The highest BCUT2D eigenvalue weighted by Gasteiger charge is 2.08. The van der Waals surface area contributed by atoms with Crippen molar-refractivity contribution in [2.24, 2.45) is 5.10 Å². The summed E-state index contributed by atoms with van der Waals surface area (Å²) < 4.78 is 0.392. The lowest BCUT2D eigenvalue weighted by Crippen LogP contribution is -1.92. The maximum atomic E-state index is 9.64. The maximum Gasteiger partial charge on any atom is 0.203 e. The minimum absolute atomic E-state index is 0.0283. The number of hydrogen-bond donors (Lipinski definition) is 3. The highest BCUT2D eigenvalue weighted by atomic mass is 79.9. The molecule has 0 saturated heterocycles. The quantitative estimate of drug-likeness (QED) is 0.460. The largest absolute Gasteiger partial charge is 0.507 e. The van der Waals surface area contributed by atoms with E-state index in [0.29, 0.717) is 15.2 Å². The zero-order valence-electron chi connectivity index (χ0n) is 9.38. The van der Waals surface area contributed by atoms with Gasteiger partial charge in [-0.2, -0.15) is 5.10 Å². The van der Waals surface area contributed by atoms with Gasteiger partial charge in [0, 0.05) is 5.38 Å². The van der Waals surface area contributed by atoms with Crippen molar-refractivity contribution in [2.75, 3.05) is 5.43 Å². The van der Waals surface area contributed by atoms with Crippen LogP contribution in [0.25, 0.3) is 0 Å². The molecule has 2 aromatic rings. The van der Waals surface area contributed by atoms with E-state index in [-0.39, 0.29) is 11.5 Å². The molecule has 2 rings (SSSR count). The third-order valence-electron chi connectivity index (χ3n) is 2.11. The van der Waals surface area contributed by atoms with Crippen LogP contribution in [0, 0.1) is 6.92 Å². The lowest BCUT2D eigenvalue weighted by atomic mass is 10.2. The van der Waals surface area contributed by atoms with E-state index < -0.39 is 0 Å². The van der Waals surface area contributed by atoms with Gasteiger partial charge < -0.3 is 10.2 Å². The van der Waals surface area contributed by atoms with Gasteiger partial charge >= 0.3 is 0 Å². The van der Waals surface area contributed by atoms with E-state index in [1.165, 1.54) is 29.7 Å². The Morgan fingerprint density at radius 2 is 2.11 bits per heavy atom. The lowest BCUT2D eigenvalue weighted by molar-refractivity contribution is 0.456. The molecule has 0 aliphatic heterocycles. The van der Waals surface area contributed by atoms with Crippen LogP contribution in [-0.2, 0) is 0 Å². The maximum absolute atomic E-state index is 9.64. The zero-order chi connectivity index (χ0) is 13.1. The Balaban J connectivity index is 2.16. The number of nitrogens with zero attached hydrogens (tertiary/aromatic N) is 2. The summed E-state index contributed by atoms with van der Waals surface area (Å²) in [5.74, 6) is 0.0693. The first-order chi connectivity index (χ1) is 8.58. The van der Waals surface area contributed by atoms with E-state index in [0.717, 1.165) is 5.69 Å². The van der Waals surface area contributed by atoms with E-state index in [9.17, 15) is 10.2 Å². The Hall–Kier alpha value is -1.60. The van der Waals surface area contributed by atoms with Crippen LogP contribution >= 0.6 is 27.3 Å².